The highest BCUT2D eigenvalue weighted by molar-refractivity contribution is 5.75. The van der Waals surface area contributed by atoms with Gasteiger partial charge in [0, 0.05) is 6.61 Å². The van der Waals surface area contributed by atoms with E-state index in [0.717, 1.165) is 6.42 Å². The molecule has 4 nitrogen and oxygen atoms in total. The summed E-state index contributed by atoms with van der Waals surface area (Å²) in [5, 5.41) is 0. The van der Waals surface area contributed by atoms with Crippen LogP contribution < -0.4 is 5.73 Å². The van der Waals surface area contributed by atoms with Crippen LogP contribution in [-0.4, -0.2) is 30.8 Å². The molecule has 18 heavy (non-hydrogen) atoms. The molecule has 2 N–H and O–H groups in total. The van der Waals surface area contributed by atoms with Gasteiger partial charge in [-0.05, 0) is 32.1 Å². The molecule has 0 unspecified atom stereocenters. The summed E-state index contributed by atoms with van der Waals surface area (Å²) >= 11 is 0. The Labute approximate surface area is 111 Å². The summed E-state index contributed by atoms with van der Waals surface area (Å²) in [4.78, 5) is 11.5. The van der Waals surface area contributed by atoms with Crippen molar-refractivity contribution in [3.63, 3.8) is 0 Å². The highest BCUT2D eigenvalue weighted by Crippen LogP contribution is 2.16. The fraction of sp³-hybridized carbons (Fsp3) is 0.929. The van der Waals surface area contributed by atoms with Crippen molar-refractivity contribution in [2.45, 2.75) is 66.2 Å². The van der Waals surface area contributed by atoms with E-state index < -0.39 is 6.04 Å². The molecule has 0 amide bonds. The second-order valence-electron chi connectivity index (χ2n) is 5.83. The van der Waals surface area contributed by atoms with E-state index in [-0.39, 0.29) is 18.2 Å². The van der Waals surface area contributed by atoms with E-state index in [0.29, 0.717) is 18.4 Å². The van der Waals surface area contributed by atoms with Gasteiger partial charge in [-0.15, -0.1) is 0 Å². The number of ether oxygens (including phenoxy) is 2. The van der Waals surface area contributed by atoms with Crippen LogP contribution >= 0.6 is 0 Å². The lowest BCUT2D eigenvalue weighted by Gasteiger charge is -2.27. The minimum atomic E-state index is -0.586. The maximum Gasteiger partial charge on any atom is 0.322 e. The van der Waals surface area contributed by atoms with Crippen LogP contribution in [0.5, 0.6) is 0 Å². The first-order valence-electron chi connectivity index (χ1n) is 6.81. The molecule has 0 spiro atoms. The van der Waals surface area contributed by atoms with Crippen molar-refractivity contribution in [1.82, 2.24) is 0 Å². The molecule has 0 fully saturated rings. The summed E-state index contributed by atoms with van der Waals surface area (Å²) in [5.74, 6) is 0.596. The first-order valence-corrected chi connectivity index (χ1v) is 6.81. The fourth-order valence-corrected chi connectivity index (χ4v) is 1.54. The Morgan fingerprint density at radius 1 is 1.06 bits per heavy atom. The minimum absolute atomic E-state index is 0.0601. The van der Waals surface area contributed by atoms with Crippen LogP contribution in [0.2, 0.25) is 0 Å². The van der Waals surface area contributed by atoms with E-state index in [1.54, 1.807) is 6.92 Å². The standard InChI is InChI=1S/C14H29NO3/c1-9(2)7-13(17-8-10(3)4)12(6)18-14(16)11(5)15/h9-13H,7-8,15H2,1-6H3/t11-,12-,13+/m0/s1. The van der Waals surface area contributed by atoms with Crippen molar-refractivity contribution in [1.29, 1.82) is 0 Å². The van der Waals surface area contributed by atoms with Crippen LogP contribution in [0, 0.1) is 11.8 Å². The molecule has 4 heteroatoms. The average molecular weight is 259 g/mol. The van der Waals surface area contributed by atoms with E-state index >= 15 is 0 Å². The number of carbonyl (C=O) groups excluding carboxylic acids is 1. The SMILES string of the molecule is CC(C)CO[C@H](CC(C)C)[C@H](C)OC(=O)[C@H](C)N. The van der Waals surface area contributed by atoms with Gasteiger partial charge in [0.15, 0.2) is 0 Å². The Morgan fingerprint density at radius 2 is 1.61 bits per heavy atom. The monoisotopic (exact) mass is 259 g/mol. The molecule has 0 radical (unpaired) electrons. The van der Waals surface area contributed by atoms with Crippen molar-refractivity contribution in [3.05, 3.63) is 0 Å². The van der Waals surface area contributed by atoms with Crippen molar-refractivity contribution in [2.75, 3.05) is 6.61 Å². The Hall–Kier alpha value is -0.610. The van der Waals surface area contributed by atoms with E-state index in [4.69, 9.17) is 15.2 Å². The number of esters is 1. The largest absolute Gasteiger partial charge is 0.459 e. The Bertz CT molecular complexity index is 239. The molecule has 0 aliphatic rings. The number of hydrogen-bond acceptors (Lipinski definition) is 4. The summed E-state index contributed by atoms with van der Waals surface area (Å²) in [6, 6.07) is -0.586. The van der Waals surface area contributed by atoms with Gasteiger partial charge >= 0.3 is 5.97 Å². The maximum absolute atomic E-state index is 11.5. The molecule has 0 aromatic heterocycles. The fourth-order valence-electron chi connectivity index (χ4n) is 1.54. The predicted molar refractivity (Wildman–Crippen MR) is 73.2 cm³/mol. The van der Waals surface area contributed by atoms with E-state index in [1.165, 1.54) is 0 Å². The van der Waals surface area contributed by atoms with Gasteiger partial charge in [0.2, 0.25) is 0 Å². The topological polar surface area (TPSA) is 61.5 Å². The second-order valence-corrected chi connectivity index (χ2v) is 5.83. The number of hydrogen-bond donors (Lipinski definition) is 1. The van der Waals surface area contributed by atoms with Gasteiger partial charge in [-0.3, -0.25) is 4.79 Å². The van der Waals surface area contributed by atoms with E-state index in [9.17, 15) is 4.79 Å². The van der Waals surface area contributed by atoms with Gasteiger partial charge in [0.1, 0.15) is 12.1 Å². The molecular formula is C14H29NO3. The summed E-state index contributed by atoms with van der Waals surface area (Å²) in [7, 11) is 0. The van der Waals surface area contributed by atoms with Crippen LogP contribution in [0.4, 0.5) is 0 Å². The lowest BCUT2D eigenvalue weighted by atomic mass is 10.0. The van der Waals surface area contributed by atoms with Crippen LogP contribution in [0.25, 0.3) is 0 Å². The van der Waals surface area contributed by atoms with Crippen LogP contribution in [0.3, 0.4) is 0 Å². The van der Waals surface area contributed by atoms with Crippen LogP contribution in [0.15, 0.2) is 0 Å². The summed E-state index contributed by atoms with van der Waals surface area (Å²) in [6.07, 6.45) is 0.555. The zero-order valence-corrected chi connectivity index (χ0v) is 12.6. The average Bonchev–Trinajstić information content (AvgIpc) is 2.22. The molecule has 108 valence electrons. The lowest BCUT2D eigenvalue weighted by molar-refractivity contribution is -0.158. The summed E-state index contributed by atoms with van der Waals surface area (Å²) in [5.41, 5.74) is 5.49. The van der Waals surface area contributed by atoms with Gasteiger partial charge in [0.05, 0.1) is 6.10 Å². The van der Waals surface area contributed by atoms with Crippen LogP contribution in [0.1, 0.15) is 48.0 Å². The normalized spacial score (nSPS) is 16.7. The summed E-state index contributed by atoms with van der Waals surface area (Å²) < 4.78 is 11.2. The first kappa shape index (κ1) is 17.4. The smallest absolute Gasteiger partial charge is 0.322 e. The molecule has 0 aromatic carbocycles. The Morgan fingerprint density at radius 3 is 2.00 bits per heavy atom. The molecule has 0 saturated carbocycles. The minimum Gasteiger partial charge on any atom is -0.459 e. The highest BCUT2D eigenvalue weighted by atomic mass is 16.6. The highest BCUT2D eigenvalue weighted by Gasteiger charge is 2.24. The molecule has 3 atom stereocenters. The number of nitrogens with two attached hydrogens (primary N) is 1. The molecule has 0 aliphatic heterocycles. The summed E-state index contributed by atoms with van der Waals surface area (Å²) in [6.45, 7) is 12.6. The Balaban J connectivity index is 4.38. The van der Waals surface area contributed by atoms with Gasteiger partial charge in [0.25, 0.3) is 0 Å². The molecule has 0 aromatic rings. The predicted octanol–water partition coefficient (Wildman–Crippen LogP) is 2.35. The third kappa shape index (κ3) is 7.67. The molecule has 0 aliphatic carbocycles. The lowest BCUT2D eigenvalue weighted by Crippen LogP contribution is -2.38. The van der Waals surface area contributed by atoms with Crippen LogP contribution in [-0.2, 0) is 14.3 Å². The number of carbonyl (C=O) groups is 1. The zero-order chi connectivity index (χ0) is 14.3. The number of rotatable bonds is 8. The molecule has 0 bridgehead atoms. The van der Waals surface area contributed by atoms with E-state index in [1.807, 2.05) is 6.92 Å². The second kappa shape index (κ2) is 8.48. The third-order valence-corrected chi connectivity index (χ3v) is 2.54. The third-order valence-electron chi connectivity index (χ3n) is 2.54. The Kier molecular flexibility index (Phi) is 8.20. The van der Waals surface area contributed by atoms with E-state index in [2.05, 4.69) is 27.7 Å². The molecule has 0 saturated heterocycles. The van der Waals surface area contributed by atoms with Gasteiger partial charge in [-0.1, -0.05) is 27.7 Å². The van der Waals surface area contributed by atoms with Gasteiger partial charge < -0.3 is 15.2 Å². The zero-order valence-electron chi connectivity index (χ0n) is 12.6. The maximum atomic E-state index is 11.5. The quantitative estimate of drug-likeness (QED) is 0.680. The van der Waals surface area contributed by atoms with Crippen molar-refractivity contribution < 1.29 is 14.3 Å². The molecular weight excluding hydrogens is 230 g/mol. The van der Waals surface area contributed by atoms with Gasteiger partial charge in [-0.25, -0.2) is 0 Å². The van der Waals surface area contributed by atoms with Crippen molar-refractivity contribution in [3.8, 4) is 0 Å². The van der Waals surface area contributed by atoms with Crippen molar-refractivity contribution >= 4 is 5.97 Å². The first-order chi connectivity index (χ1) is 8.23. The molecule has 0 rings (SSSR count). The van der Waals surface area contributed by atoms with Crippen molar-refractivity contribution in [2.24, 2.45) is 17.6 Å². The van der Waals surface area contributed by atoms with Gasteiger partial charge in [-0.2, -0.15) is 0 Å². The molecule has 0 heterocycles.